The number of nitrogens with one attached hydrogen (secondary N) is 1. The van der Waals surface area contributed by atoms with Crippen molar-refractivity contribution in [2.24, 2.45) is 7.05 Å². The number of hydrogen-bond acceptors (Lipinski definition) is 5. The lowest BCUT2D eigenvalue weighted by atomic mass is 9.86. The Bertz CT molecular complexity index is 758. The van der Waals surface area contributed by atoms with E-state index >= 15 is 0 Å². The molecule has 9 nitrogen and oxygen atoms in total. The van der Waals surface area contributed by atoms with Gasteiger partial charge in [0.1, 0.15) is 5.54 Å². The van der Waals surface area contributed by atoms with E-state index in [1.807, 2.05) is 28.5 Å². The lowest BCUT2D eigenvalue weighted by molar-refractivity contribution is -0.137. The number of likely N-dealkylation sites (tertiary alicyclic amines) is 1. The number of imidazole rings is 1. The van der Waals surface area contributed by atoms with E-state index in [0.717, 1.165) is 0 Å². The van der Waals surface area contributed by atoms with Crippen molar-refractivity contribution in [2.45, 2.75) is 18.4 Å². The average Bonchev–Trinajstić information content (AvgIpc) is 3.26. The molecule has 3 heterocycles. The van der Waals surface area contributed by atoms with Crippen molar-refractivity contribution in [3.8, 4) is 0 Å². The fourth-order valence-corrected chi connectivity index (χ4v) is 3.33. The number of aryl methyl sites for hydroxylation is 1. The maximum absolute atomic E-state index is 13.1. The van der Waals surface area contributed by atoms with Crippen LogP contribution in [0.1, 0.15) is 12.8 Å². The van der Waals surface area contributed by atoms with Gasteiger partial charge in [-0.15, -0.1) is 0 Å². The number of anilines is 1. The molecule has 0 unspecified atom stereocenters. The third-order valence-electron chi connectivity index (χ3n) is 4.77. The molecule has 26 heavy (non-hydrogen) atoms. The first-order valence-electron chi connectivity index (χ1n) is 8.63. The predicted octanol–water partition coefficient (Wildman–Crippen LogP) is 0.135. The van der Waals surface area contributed by atoms with Crippen molar-refractivity contribution in [3.63, 3.8) is 0 Å². The summed E-state index contributed by atoms with van der Waals surface area (Å²) in [4.78, 5) is 33.2. The molecule has 3 rings (SSSR count). The number of nitrogens with zero attached hydrogens (tertiary/aromatic N) is 6. The Morgan fingerprint density at radius 2 is 2.00 bits per heavy atom. The van der Waals surface area contributed by atoms with Crippen molar-refractivity contribution >= 4 is 17.6 Å². The number of carbonyl (C=O) groups is 2. The van der Waals surface area contributed by atoms with Crippen molar-refractivity contribution in [2.75, 3.05) is 39.0 Å². The summed E-state index contributed by atoms with van der Waals surface area (Å²) in [5.74, 6) is 0.469. The molecule has 0 radical (unpaired) electrons. The van der Waals surface area contributed by atoms with E-state index in [9.17, 15) is 9.59 Å². The molecular weight excluding hydrogens is 334 g/mol. The molecule has 0 saturated carbocycles. The molecule has 1 fully saturated rings. The van der Waals surface area contributed by atoms with Gasteiger partial charge in [0.25, 0.3) is 5.91 Å². The lowest BCUT2D eigenvalue weighted by Gasteiger charge is -2.41. The zero-order chi connectivity index (χ0) is 18.7. The van der Waals surface area contributed by atoms with Crippen molar-refractivity contribution in [1.82, 2.24) is 29.1 Å². The molecule has 1 aliphatic rings. The van der Waals surface area contributed by atoms with Gasteiger partial charge in [0.15, 0.2) is 5.82 Å². The Labute approximate surface area is 152 Å². The van der Waals surface area contributed by atoms with E-state index < -0.39 is 5.54 Å². The van der Waals surface area contributed by atoms with Crippen LogP contribution in [0.4, 0.5) is 5.82 Å². The molecule has 1 N–H and O–H groups in total. The summed E-state index contributed by atoms with van der Waals surface area (Å²) < 4.78 is 3.49. The number of piperidine rings is 1. The van der Waals surface area contributed by atoms with Gasteiger partial charge in [0.05, 0.1) is 12.9 Å². The van der Waals surface area contributed by atoms with Crippen LogP contribution in [0.15, 0.2) is 31.0 Å². The summed E-state index contributed by atoms with van der Waals surface area (Å²) in [5, 5.41) is 7.13. The number of amides is 2. The molecule has 140 valence electrons. The number of carbonyl (C=O) groups excluding carboxylic acids is 2. The average molecular weight is 359 g/mol. The Morgan fingerprint density at radius 1 is 1.27 bits per heavy atom. The molecule has 1 saturated heterocycles. The van der Waals surface area contributed by atoms with E-state index in [-0.39, 0.29) is 11.8 Å². The van der Waals surface area contributed by atoms with Crippen LogP contribution >= 0.6 is 0 Å². The molecule has 0 bridgehead atoms. The highest BCUT2D eigenvalue weighted by Gasteiger charge is 2.44. The maximum atomic E-state index is 13.1. The third-order valence-corrected chi connectivity index (χ3v) is 4.77. The number of hydrogen-bond donors (Lipinski definition) is 1. The quantitative estimate of drug-likeness (QED) is 0.820. The Morgan fingerprint density at radius 3 is 2.54 bits per heavy atom. The van der Waals surface area contributed by atoms with Crippen LogP contribution in [-0.2, 0) is 22.2 Å². The van der Waals surface area contributed by atoms with Gasteiger partial charge in [-0.2, -0.15) is 5.10 Å². The van der Waals surface area contributed by atoms with Gasteiger partial charge >= 0.3 is 0 Å². The SMILES string of the molecule is CN(C)CC(=O)N1CCC(C(=O)Nc2ccn(C)n2)(n2ccnc2)CC1. The second kappa shape index (κ2) is 7.28. The minimum Gasteiger partial charge on any atom is -0.341 e. The monoisotopic (exact) mass is 359 g/mol. The maximum Gasteiger partial charge on any atom is 0.251 e. The van der Waals surface area contributed by atoms with Crippen molar-refractivity contribution in [1.29, 1.82) is 0 Å². The van der Waals surface area contributed by atoms with Crippen LogP contribution in [0.25, 0.3) is 0 Å². The van der Waals surface area contributed by atoms with Gasteiger partial charge in [0.2, 0.25) is 5.91 Å². The third kappa shape index (κ3) is 3.62. The highest BCUT2D eigenvalue weighted by Crippen LogP contribution is 2.31. The second-order valence-electron chi connectivity index (χ2n) is 6.95. The molecule has 0 atom stereocenters. The highest BCUT2D eigenvalue weighted by molar-refractivity contribution is 5.96. The first-order chi connectivity index (χ1) is 12.4. The van der Waals surface area contributed by atoms with Gasteiger partial charge < -0.3 is 19.7 Å². The molecule has 2 amide bonds. The van der Waals surface area contributed by atoms with Crippen LogP contribution in [0, 0.1) is 0 Å². The summed E-state index contributed by atoms with van der Waals surface area (Å²) in [5.41, 5.74) is -0.775. The first kappa shape index (κ1) is 18.1. The van der Waals surface area contributed by atoms with Crippen molar-refractivity contribution < 1.29 is 9.59 Å². The standard InChI is InChI=1S/C17H25N7O2/c1-21(2)12-15(25)23-9-5-17(6-10-23,24-11-7-18-13-24)16(26)19-14-4-8-22(3)20-14/h4,7-8,11,13H,5-6,9-10,12H2,1-3H3,(H,19,20,26). The van der Waals surface area contributed by atoms with E-state index in [2.05, 4.69) is 15.4 Å². The van der Waals surface area contributed by atoms with Gasteiger partial charge in [0, 0.05) is 44.8 Å². The summed E-state index contributed by atoms with van der Waals surface area (Å²) in [7, 11) is 5.55. The molecule has 0 spiro atoms. The van der Waals surface area contributed by atoms with E-state index in [0.29, 0.717) is 38.3 Å². The number of likely N-dealkylation sites (N-methyl/N-ethyl adjacent to an activating group) is 1. The van der Waals surface area contributed by atoms with Crippen LogP contribution < -0.4 is 5.32 Å². The van der Waals surface area contributed by atoms with E-state index in [4.69, 9.17) is 0 Å². The van der Waals surface area contributed by atoms with E-state index in [1.54, 1.807) is 42.7 Å². The Hall–Kier alpha value is -2.68. The smallest absolute Gasteiger partial charge is 0.251 e. The largest absolute Gasteiger partial charge is 0.341 e. The van der Waals surface area contributed by atoms with Crippen LogP contribution in [0.3, 0.4) is 0 Å². The van der Waals surface area contributed by atoms with Gasteiger partial charge in [-0.05, 0) is 26.9 Å². The fraction of sp³-hybridized carbons (Fsp3) is 0.529. The molecular formula is C17H25N7O2. The van der Waals surface area contributed by atoms with Crippen LogP contribution in [0.5, 0.6) is 0 Å². The molecule has 9 heteroatoms. The zero-order valence-electron chi connectivity index (χ0n) is 15.4. The van der Waals surface area contributed by atoms with E-state index in [1.165, 1.54) is 0 Å². The summed E-state index contributed by atoms with van der Waals surface area (Å²) in [6.07, 6.45) is 7.97. The second-order valence-corrected chi connectivity index (χ2v) is 6.95. The Kier molecular flexibility index (Phi) is 5.08. The summed E-state index contributed by atoms with van der Waals surface area (Å²) in [6.45, 7) is 1.43. The number of rotatable bonds is 5. The molecule has 0 aliphatic carbocycles. The predicted molar refractivity (Wildman–Crippen MR) is 96.4 cm³/mol. The summed E-state index contributed by atoms with van der Waals surface area (Å²) in [6, 6.07) is 1.76. The minimum atomic E-state index is -0.775. The Balaban J connectivity index is 1.77. The molecule has 0 aromatic carbocycles. The highest BCUT2D eigenvalue weighted by atomic mass is 16.2. The topological polar surface area (TPSA) is 88.3 Å². The zero-order valence-corrected chi connectivity index (χ0v) is 15.4. The van der Waals surface area contributed by atoms with Gasteiger partial charge in [-0.25, -0.2) is 4.98 Å². The lowest BCUT2D eigenvalue weighted by Crippen LogP contribution is -2.54. The number of aromatic nitrogens is 4. The molecule has 2 aromatic rings. The van der Waals surface area contributed by atoms with Crippen LogP contribution in [-0.4, -0.2) is 74.7 Å². The normalized spacial score (nSPS) is 16.7. The van der Waals surface area contributed by atoms with Crippen LogP contribution in [0.2, 0.25) is 0 Å². The van der Waals surface area contributed by atoms with Gasteiger partial charge in [-0.1, -0.05) is 0 Å². The first-order valence-corrected chi connectivity index (χ1v) is 8.63. The molecule has 2 aromatic heterocycles. The fourth-order valence-electron chi connectivity index (χ4n) is 3.33. The van der Waals surface area contributed by atoms with Gasteiger partial charge in [-0.3, -0.25) is 14.3 Å². The summed E-state index contributed by atoms with van der Waals surface area (Å²) >= 11 is 0. The van der Waals surface area contributed by atoms with Crippen molar-refractivity contribution in [3.05, 3.63) is 31.0 Å². The minimum absolute atomic E-state index is 0.0827. The molecule has 1 aliphatic heterocycles.